The van der Waals surface area contributed by atoms with Crippen molar-refractivity contribution in [1.82, 2.24) is 9.55 Å². The summed E-state index contributed by atoms with van der Waals surface area (Å²) in [6.07, 6.45) is 2.87. The van der Waals surface area contributed by atoms with Crippen LogP contribution in [0.25, 0.3) is 11.0 Å². The fourth-order valence-corrected chi connectivity index (χ4v) is 3.09. The van der Waals surface area contributed by atoms with Gasteiger partial charge in [-0.3, -0.25) is 0 Å². The minimum atomic E-state index is -0.880. The van der Waals surface area contributed by atoms with Gasteiger partial charge in [0.15, 0.2) is 11.6 Å². The van der Waals surface area contributed by atoms with E-state index in [1.165, 1.54) is 6.07 Å². The maximum Gasteiger partial charge on any atom is 0.184 e. The first-order valence-electron chi connectivity index (χ1n) is 7.01. The van der Waals surface area contributed by atoms with Gasteiger partial charge < -0.3 is 9.30 Å². The van der Waals surface area contributed by atoms with Crippen molar-refractivity contribution in [1.29, 1.82) is 0 Å². The third kappa shape index (κ3) is 2.32. The second-order valence-corrected chi connectivity index (χ2v) is 6.30. The van der Waals surface area contributed by atoms with Gasteiger partial charge in [-0.05, 0) is 38.3 Å². The molecule has 0 amide bonds. The molecule has 1 aliphatic carbocycles. The minimum Gasteiger partial charge on any atom is -0.376 e. The second kappa shape index (κ2) is 5.21. The minimum absolute atomic E-state index is 0.167. The molecule has 2 aromatic rings. The molecule has 1 atom stereocenters. The number of hydrogen-bond donors (Lipinski definition) is 0. The molecule has 0 aliphatic heterocycles. The lowest BCUT2D eigenvalue weighted by atomic mass is 9.80. The topological polar surface area (TPSA) is 27.1 Å². The molecule has 1 aromatic carbocycles. The van der Waals surface area contributed by atoms with Gasteiger partial charge in [0.25, 0.3) is 0 Å². The first kappa shape index (κ1) is 14.7. The molecule has 1 unspecified atom stereocenters. The molecule has 1 aromatic heterocycles. The molecule has 1 saturated carbocycles. The summed E-state index contributed by atoms with van der Waals surface area (Å²) >= 11 is 6.16. The highest BCUT2D eigenvalue weighted by Gasteiger charge is 2.39. The van der Waals surface area contributed by atoms with Crippen LogP contribution in [0.5, 0.6) is 0 Å². The summed E-state index contributed by atoms with van der Waals surface area (Å²) in [5.41, 5.74) is 0.259. The lowest BCUT2D eigenvalue weighted by Gasteiger charge is -2.41. The Hall–Kier alpha value is -1.20. The Labute approximate surface area is 126 Å². The van der Waals surface area contributed by atoms with Crippen molar-refractivity contribution in [2.75, 3.05) is 7.11 Å². The van der Waals surface area contributed by atoms with Crippen molar-refractivity contribution in [3.05, 3.63) is 29.6 Å². The van der Waals surface area contributed by atoms with Crippen LogP contribution < -0.4 is 0 Å². The van der Waals surface area contributed by atoms with Gasteiger partial charge in [0.1, 0.15) is 11.3 Å². The summed E-state index contributed by atoms with van der Waals surface area (Å²) in [5, 5.41) is -0.395. The number of rotatable bonds is 4. The lowest BCUT2D eigenvalue weighted by molar-refractivity contribution is -0.0833. The molecule has 6 heteroatoms. The summed E-state index contributed by atoms with van der Waals surface area (Å²) in [5.74, 6) is -1.22. The molecule has 21 heavy (non-hydrogen) atoms. The third-order valence-electron chi connectivity index (χ3n) is 4.33. The van der Waals surface area contributed by atoms with E-state index in [0.717, 1.165) is 25.3 Å². The molecule has 0 radical (unpaired) electrons. The second-order valence-electron chi connectivity index (χ2n) is 5.64. The Kier molecular flexibility index (Phi) is 3.66. The summed E-state index contributed by atoms with van der Waals surface area (Å²) < 4.78 is 35.1. The van der Waals surface area contributed by atoms with Gasteiger partial charge in [-0.25, -0.2) is 13.8 Å². The van der Waals surface area contributed by atoms with Crippen LogP contribution in [-0.2, 0) is 11.3 Å². The number of alkyl halides is 1. The molecular formula is C15H17ClF2N2O. The fourth-order valence-electron chi connectivity index (χ4n) is 2.92. The average molecular weight is 315 g/mol. The first-order chi connectivity index (χ1) is 9.97. The molecule has 1 fully saturated rings. The molecule has 1 aliphatic rings. The molecule has 3 nitrogen and oxygen atoms in total. The van der Waals surface area contributed by atoms with E-state index in [1.54, 1.807) is 18.6 Å². The predicted molar refractivity (Wildman–Crippen MR) is 77.5 cm³/mol. The van der Waals surface area contributed by atoms with Gasteiger partial charge in [-0.15, -0.1) is 11.6 Å². The average Bonchev–Trinajstić information content (AvgIpc) is 2.77. The fraction of sp³-hybridized carbons (Fsp3) is 0.533. The standard InChI is InChI=1S/C15H17ClF2N2O/c1-9(16)14-19-11-5-4-10(17)12(18)13(11)20(14)8-15(21-2)6-3-7-15/h4-5,9H,3,6-8H2,1-2H3. The zero-order valence-corrected chi connectivity index (χ0v) is 12.8. The molecule has 114 valence electrons. The number of methoxy groups -OCH3 is 1. The highest BCUT2D eigenvalue weighted by molar-refractivity contribution is 6.20. The summed E-state index contributed by atoms with van der Waals surface area (Å²) in [4.78, 5) is 4.36. The Morgan fingerprint density at radius 2 is 2.14 bits per heavy atom. The first-order valence-corrected chi connectivity index (χ1v) is 7.44. The van der Waals surface area contributed by atoms with Gasteiger partial charge in [0.05, 0.1) is 23.0 Å². The number of fused-ring (bicyclic) bond motifs is 1. The maximum atomic E-state index is 14.2. The number of halogens is 3. The van der Waals surface area contributed by atoms with Gasteiger partial charge in [0.2, 0.25) is 0 Å². The number of nitrogens with zero attached hydrogens (tertiary/aromatic N) is 2. The number of ether oxygens (including phenoxy) is 1. The molecule has 0 spiro atoms. The largest absolute Gasteiger partial charge is 0.376 e. The van der Waals surface area contributed by atoms with Crippen LogP contribution >= 0.6 is 11.6 Å². The van der Waals surface area contributed by atoms with E-state index in [9.17, 15) is 8.78 Å². The van der Waals surface area contributed by atoms with Crippen molar-refractivity contribution in [3.63, 3.8) is 0 Å². The molecule has 0 N–H and O–H groups in total. The van der Waals surface area contributed by atoms with Gasteiger partial charge >= 0.3 is 0 Å². The zero-order chi connectivity index (χ0) is 15.2. The smallest absolute Gasteiger partial charge is 0.184 e. The molecule has 0 saturated heterocycles. The lowest BCUT2D eigenvalue weighted by Crippen LogP contribution is -2.43. The van der Waals surface area contributed by atoms with E-state index in [1.807, 2.05) is 0 Å². The van der Waals surface area contributed by atoms with Crippen LogP contribution in [-0.4, -0.2) is 22.3 Å². The van der Waals surface area contributed by atoms with Crippen LogP contribution in [0.3, 0.4) is 0 Å². The van der Waals surface area contributed by atoms with Crippen LogP contribution in [0.15, 0.2) is 12.1 Å². The zero-order valence-electron chi connectivity index (χ0n) is 12.0. The maximum absolute atomic E-state index is 14.2. The van der Waals surface area contributed by atoms with E-state index >= 15 is 0 Å². The molecule has 0 bridgehead atoms. The SMILES string of the molecule is COC1(Cn2c(C(C)Cl)nc3ccc(F)c(F)c32)CCC1. The van der Waals surface area contributed by atoms with Crippen LogP contribution in [0.4, 0.5) is 8.78 Å². The van der Waals surface area contributed by atoms with E-state index in [4.69, 9.17) is 16.3 Å². The monoisotopic (exact) mass is 314 g/mol. The van der Waals surface area contributed by atoms with E-state index in [0.29, 0.717) is 17.9 Å². The Balaban J connectivity index is 2.17. The number of imidazole rings is 1. The van der Waals surface area contributed by atoms with E-state index in [2.05, 4.69) is 4.98 Å². The normalized spacial score (nSPS) is 18.7. The molecule has 3 rings (SSSR count). The van der Waals surface area contributed by atoms with Crippen LogP contribution in [0.1, 0.15) is 37.4 Å². The third-order valence-corrected chi connectivity index (χ3v) is 4.52. The van der Waals surface area contributed by atoms with Crippen LogP contribution in [0.2, 0.25) is 0 Å². The number of hydrogen-bond acceptors (Lipinski definition) is 2. The Morgan fingerprint density at radius 3 is 2.67 bits per heavy atom. The predicted octanol–water partition coefficient (Wildman–Crippen LogP) is 4.18. The summed E-state index contributed by atoms with van der Waals surface area (Å²) in [6.45, 7) is 2.21. The highest BCUT2D eigenvalue weighted by Crippen LogP contribution is 2.39. The van der Waals surface area contributed by atoms with E-state index < -0.39 is 17.0 Å². The van der Waals surface area contributed by atoms with Crippen molar-refractivity contribution in [3.8, 4) is 0 Å². The van der Waals surface area contributed by atoms with Crippen LogP contribution in [0, 0.1) is 11.6 Å². The van der Waals surface area contributed by atoms with E-state index in [-0.39, 0.29) is 11.1 Å². The summed E-state index contributed by atoms with van der Waals surface area (Å²) in [6, 6.07) is 2.57. The van der Waals surface area contributed by atoms with Crippen molar-refractivity contribution >= 4 is 22.6 Å². The number of aromatic nitrogens is 2. The van der Waals surface area contributed by atoms with Crippen molar-refractivity contribution < 1.29 is 13.5 Å². The Bertz CT molecular complexity index is 674. The molecular weight excluding hydrogens is 298 g/mol. The quantitative estimate of drug-likeness (QED) is 0.791. The van der Waals surface area contributed by atoms with Crippen molar-refractivity contribution in [2.24, 2.45) is 0 Å². The van der Waals surface area contributed by atoms with Crippen molar-refractivity contribution in [2.45, 2.75) is 43.7 Å². The van der Waals surface area contributed by atoms with Gasteiger partial charge in [-0.1, -0.05) is 0 Å². The van der Waals surface area contributed by atoms with Gasteiger partial charge in [-0.2, -0.15) is 0 Å². The molecule has 1 heterocycles. The number of benzene rings is 1. The summed E-state index contributed by atoms with van der Waals surface area (Å²) in [7, 11) is 1.65. The van der Waals surface area contributed by atoms with Gasteiger partial charge in [0, 0.05) is 7.11 Å². The highest BCUT2D eigenvalue weighted by atomic mass is 35.5. The Morgan fingerprint density at radius 1 is 1.43 bits per heavy atom.